The van der Waals surface area contributed by atoms with Crippen molar-refractivity contribution in [2.45, 2.75) is 71.0 Å². The van der Waals surface area contributed by atoms with Crippen LogP contribution in [0.3, 0.4) is 0 Å². The molecule has 2 aliphatic heterocycles. The van der Waals surface area contributed by atoms with Gasteiger partial charge in [-0.15, -0.1) is 0 Å². The first-order valence-corrected chi connectivity index (χ1v) is 14.1. The Bertz CT molecular complexity index is 1170. The van der Waals surface area contributed by atoms with Crippen molar-refractivity contribution in [2.24, 2.45) is 5.92 Å². The molecule has 0 aromatic heterocycles. The number of rotatable bonds is 8. The van der Waals surface area contributed by atoms with Crippen LogP contribution in [0.15, 0.2) is 41.3 Å². The van der Waals surface area contributed by atoms with Gasteiger partial charge in [0.2, 0.25) is 15.9 Å². The van der Waals surface area contributed by atoms with Crippen LogP contribution < -0.4 is 10.6 Å². The van der Waals surface area contributed by atoms with Crippen LogP contribution >= 0.6 is 0 Å². The standard InChI is InChI=1S/C27H38N4O3S/c1-19(2)21(4)30-17-22-9-8-10-25(24(22)18-30)28-16-27(32)29-26-15-23(12-11-20(26)3)35(33,34)31-13-6-5-7-14-31/h8-12,15,19,21,28H,5-7,13-14,16-18H2,1-4H3,(H,29,32). The normalized spacial score (nSPS) is 17.9. The Kier molecular flexibility index (Phi) is 7.83. The summed E-state index contributed by atoms with van der Waals surface area (Å²) in [5.41, 5.74) is 4.89. The molecule has 4 rings (SSSR count). The SMILES string of the molecule is Cc1ccc(S(=O)(=O)N2CCCCC2)cc1NC(=O)CNc1cccc2c1CN(C(C)C(C)C)C2. The zero-order valence-corrected chi connectivity index (χ0v) is 22.1. The second-order valence-electron chi connectivity index (χ2n) is 10.2. The van der Waals surface area contributed by atoms with Gasteiger partial charge < -0.3 is 10.6 Å². The van der Waals surface area contributed by atoms with E-state index in [0.717, 1.165) is 43.6 Å². The van der Waals surface area contributed by atoms with Crippen LogP contribution in [0.25, 0.3) is 0 Å². The molecule has 2 aromatic rings. The van der Waals surface area contributed by atoms with Crippen LogP contribution in [0.5, 0.6) is 0 Å². The van der Waals surface area contributed by atoms with Crippen LogP contribution in [0.2, 0.25) is 0 Å². The van der Waals surface area contributed by atoms with Crippen molar-refractivity contribution < 1.29 is 13.2 Å². The molecule has 2 N–H and O–H groups in total. The van der Waals surface area contributed by atoms with Crippen molar-refractivity contribution in [1.82, 2.24) is 9.21 Å². The van der Waals surface area contributed by atoms with Crippen LogP contribution in [-0.2, 0) is 27.9 Å². The smallest absolute Gasteiger partial charge is 0.243 e. The number of aryl methyl sites for hydroxylation is 1. The monoisotopic (exact) mass is 498 g/mol. The maximum absolute atomic E-state index is 13.1. The molecule has 2 aliphatic rings. The van der Waals surface area contributed by atoms with E-state index < -0.39 is 10.0 Å². The minimum Gasteiger partial charge on any atom is -0.376 e. The van der Waals surface area contributed by atoms with Crippen LogP contribution in [-0.4, -0.2) is 49.2 Å². The number of anilines is 2. The molecule has 1 atom stereocenters. The van der Waals surface area contributed by atoms with Crippen molar-refractivity contribution in [1.29, 1.82) is 0 Å². The van der Waals surface area contributed by atoms with E-state index in [1.54, 1.807) is 22.5 Å². The average Bonchev–Trinajstić information content (AvgIpc) is 3.29. The Hall–Kier alpha value is -2.42. The van der Waals surface area contributed by atoms with Crippen molar-refractivity contribution in [3.63, 3.8) is 0 Å². The van der Waals surface area contributed by atoms with Crippen LogP contribution in [0.1, 0.15) is 56.7 Å². The van der Waals surface area contributed by atoms with Gasteiger partial charge >= 0.3 is 0 Å². The number of sulfonamides is 1. The van der Waals surface area contributed by atoms with E-state index in [1.807, 2.05) is 19.1 Å². The van der Waals surface area contributed by atoms with E-state index in [9.17, 15) is 13.2 Å². The van der Waals surface area contributed by atoms with Gasteiger partial charge in [-0.3, -0.25) is 9.69 Å². The predicted octanol–water partition coefficient (Wildman–Crippen LogP) is 4.58. The molecule has 1 fully saturated rings. The lowest BCUT2D eigenvalue weighted by Crippen LogP contribution is -2.35. The first kappa shape index (κ1) is 25.7. The molecule has 2 heterocycles. The Morgan fingerprint density at radius 2 is 1.74 bits per heavy atom. The zero-order valence-electron chi connectivity index (χ0n) is 21.3. The first-order valence-electron chi connectivity index (χ1n) is 12.7. The summed E-state index contributed by atoms with van der Waals surface area (Å²) in [6.07, 6.45) is 2.84. The molecule has 0 spiro atoms. The molecule has 0 radical (unpaired) electrons. The highest BCUT2D eigenvalue weighted by Gasteiger charge is 2.28. The van der Waals surface area contributed by atoms with Gasteiger partial charge in [0.25, 0.3) is 0 Å². The second-order valence-corrected chi connectivity index (χ2v) is 12.1. The Morgan fingerprint density at radius 3 is 2.46 bits per heavy atom. The van der Waals surface area contributed by atoms with E-state index in [-0.39, 0.29) is 17.3 Å². The van der Waals surface area contributed by atoms with E-state index >= 15 is 0 Å². The maximum Gasteiger partial charge on any atom is 0.243 e. The molecule has 7 nitrogen and oxygen atoms in total. The number of piperidine rings is 1. The number of nitrogens with zero attached hydrogens (tertiary/aromatic N) is 2. The molecule has 35 heavy (non-hydrogen) atoms. The van der Waals surface area contributed by atoms with Gasteiger partial charge in [0, 0.05) is 43.6 Å². The number of fused-ring (bicyclic) bond motifs is 1. The fourth-order valence-corrected chi connectivity index (χ4v) is 6.39. The molecule has 8 heteroatoms. The summed E-state index contributed by atoms with van der Waals surface area (Å²) in [5, 5.41) is 6.22. The number of amides is 1. The highest BCUT2D eigenvalue weighted by molar-refractivity contribution is 7.89. The molecule has 1 unspecified atom stereocenters. The lowest BCUT2D eigenvalue weighted by Gasteiger charge is -2.27. The van der Waals surface area contributed by atoms with E-state index in [1.165, 1.54) is 11.1 Å². The summed E-state index contributed by atoms with van der Waals surface area (Å²) in [7, 11) is -3.56. The average molecular weight is 499 g/mol. The summed E-state index contributed by atoms with van der Waals surface area (Å²) in [6.45, 7) is 11.6. The molecule has 0 aliphatic carbocycles. The number of carbonyl (C=O) groups is 1. The van der Waals surface area contributed by atoms with E-state index in [4.69, 9.17) is 0 Å². The Labute approximate surface area is 209 Å². The third-order valence-electron chi connectivity index (χ3n) is 7.42. The van der Waals surface area contributed by atoms with Gasteiger partial charge in [-0.2, -0.15) is 4.31 Å². The second kappa shape index (κ2) is 10.7. The van der Waals surface area contributed by atoms with Crippen molar-refractivity contribution >= 4 is 27.3 Å². The van der Waals surface area contributed by atoms with Crippen molar-refractivity contribution in [2.75, 3.05) is 30.3 Å². The third kappa shape index (κ3) is 5.71. The summed E-state index contributed by atoms with van der Waals surface area (Å²) in [6, 6.07) is 11.7. The molecular weight excluding hydrogens is 460 g/mol. The van der Waals surface area contributed by atoms with Gasteiger partial charge in [0.1, 0.15) is 0 Å². The van der Waals surface area contributed by atoms with E-state index in [2.05, 4.69) is 42.4 Å². The summed E-state index contributed by atoms with van der Waals surface area (Å²) in [5.74, 6) is 0.368. The number of nitrogens with one attached hydrogen (secondary N) is 2. The van der Waals surface area contributed by atoms with Gasteiger partial charge in [-0.25, -0.2) is 8.42 Å². The maximum atomic E-state index is 13.1. The van der Waals surface area contributed by atoms with Gasteiger partial charge in [0.15, 0.2) is 0 Å². The van der Waals surface area contributed by atoms with Crippen LogP contribution in [0, 0.1) is 12.8 Å². The summed E-state index contributed by atoms with van der Waals surface area (Å²) >= 11 is 0. The number of hydrogen-bond acceptors (Lipinski definition) is 5. The predicted molar refractivity (Wildman–Crippen MR) is 141 cm³/mol. The first-order chi connectivity index (χ1) is 16.7. The topological polar surface area (TPSA) is 81.8 Å². The van der Waals surface area contributed by atoms with Crippen LogP contribution in [0.4, 0.5) is 11.4 Å². The van der Waals surface area contributed by atoms with Gasteiger partial charge in [-0.05, 0) is 67.5 Å². The fourth-order valence-electron chi connectivity index (χ4n) is 4.84. The Balaban J connectivity index is 1.42. The summed E-state index contributed by atoms with van der Waals surface area (Å²) < 4.78 is 27.7. The molecular formula is C27H38N4O3S. The van der Waals surface area contributed by atoms with Gasteiger partial charge in [-0.1, -0.05) is 38.5 Å². The summed E-state index contributed by atoms with van der Waals surface area (Å²) in [4.78, 5) is 15.5. The highest BCUT2D eigenvalue weighted by Crippen LogP contribution is 2.32. The third-order valence-corrected chi connectivity index (χ3v) is 9.32. The number of hydrogen-bond donors (Lipinski definition) is 2. The molecule has 0 saturated carbocycles. The highest BCUT2D eigenvalue weighted by atomic mass is 32.2. The molecule has 190 valence electrons. The molecule has 0 bridgehead atoms. The Morgan fingerprint density at radius 1 is 1.00 bits per heavy atom. The largest absolute Gasteiger partial charge is 0.376 e. The minimum atomic E-state index is -3.56. The quantitative estimate of drug-likeness (QED) is 0.557. The van der Waals surface area contributed by atoms with E-state index in [0.29, 0.717) is 30.7 Å². The minimum absolute atomic E-state index is 0.110. The van der Waals surface area contributed by atoms with Crippen molar-refractivity contribution in [3.05, 3.63) is 53.1 Å². The fraction of sp³-hybridized carbons (Fsp3) is 0.519. The molecule has 1 saturated heterocycles. The lowest BCUT2D eigenvalue weighted by molar-refractivity contribution is -0.114. The number of carbonyl (C=O) groups excluding carboxylic acids is 1. The molecule has 2 aromatic carbocycles. The molecule has 1 amide bonds. The number of benzene rings is 2. The van der Waals surface area contributed by atoms with Crippen molar-refractivity contribution in [3.8, 4) is 0 Å². The lowest BCUT2D eigenvalue weighted by atomic mass is 10.1. The van der Waals surface area contributed by atoms with Gasteiger partial charge in [0.05, 0.1) is 11.4 Å². The zero-order chi connectivity index (χ0) is 25.2.